The molecule has 76 valence electrons. The molecule has 0 amide bonds. The fraction of sp³-hybridized carbons (Fsp3) is 1.00. The Hall–Kier alpha value is -0.120. The van der Waals surface area contributed by atoms with Crippen LogP contribution in [0.15, 0.2) is 0 Å². The van der Waals surface area contributed by atoms with Crippen molar-refractivity contribution in [1.82, 2.24) is 0 Å². The van der Waals surface area contributed by atoms with Crippen LogP contribution in [0.5, 0.6) is 0 Å². The van der Waals surface area contributed by atoms with Crippen molar-refractivity contribution in [3.05, 3.63) is 0 Å². The molecule has 0 saturated carbocycles. The van der Waals surface area contributed by atoms with E-state index in [0.717, 1.165) is 26.2 Å². The van der Waals surface area contributed by atoms with Gasteiger partial charge in [-0.05, 0) is 25.2 Å². The van der Waals surface area contributed by atoms with Crippen LogP contribution in [0.2, 0.25) is 0 Å². The number of aliphatic hydroxyl groups excluding tert-OH is 1. The Morgan fingerprint density at radius 1 is 1.15 bits per heavy atom. The van der Waals surface area contributed by atoms with Crippen molar-refractivity contribution in [3.8, 4) is 0 Å². The molecule has 0 aliphatic carbocycles. The van der Waals surface area contributed by atoms with E-state index in [1.165, 1.54) is 12.8 Å². The molecule has 3 atom stereocenters. The molecule has 2 aliphatic heterocycles. The van der Waals surface area contributed by atoms with Gasteiger partial charge >= 0.3 is 0 Å². The van der Waals surface area contributed by atoms with Crippen molar-refractivity contribution >= 4 is 0 Å². The minimum absolute atomic E-state index is 0.234. The number of ether oxygens (including phenoxy) is 2. The van der Waals surface area contributed by atoms with Crippen LogP contribution < -0.4 is 0 Å². The second kappa shape index (κ2) is 4.40. The molecule has 2 fully saturated rings. The maximum absolute atomic E-state index is 9.55. The van der Waals surface area contributed by atoms with Gasteiger partial charge in [0, 0.05) is 19.1 Å². The summed E-state index contributed by atoms with van der Waals surface area (Å²) in [5, 5.41) is 9.55. The van der Waals surface area contributed by atoms with E-state index >= 15 is 0 Å². The van der Waals surface area contributed by atoms with Crippen LogP contribution in [0.3, 0.4) is 0 Å². The van der Waals surface area contributed by atoms with Gasteiger partial charge in [0.2, 0.25) is 0 Å². The molecule has 0 bridgehead atoms. The Balaban J connectivity index is 1.75. The summed E-state index contributed by atoms with van der Waals surface area (Å²) in [5.74, 6) is 1.00. The fourth-order valence-electron chi connectivity index (χ4n) is 2.23. The largest absolute Gasteiger partial charge is 0.390 e. The van der Waals surface area contributed by atoms with Crippen LogP contribution in [0.4, 0.5) is 0 Å². The first kappa shape index (κ1) is 9.44. The molecular formula is C10H18O3. The van der Waals surface area contributed by atoms with Crippen LogP contribution >= 0.6 is 0 Å². The minimum Gasteiger partial charge on any atom is -0.390 e. The molecule has 0 aromatic carbocycles. The molecule has 2 saturated heterocycles. The topological polar surface area (TPSA) is 38.7 Å². The lowest BCUT2D eigenvalue weighted by Gasteiger charge is -2.25. The summed E-state index contributed by atoms with van der Waals surface area (Å²) in [7, 11) is 0. The average molecular weight is 186 g/mol. The SMILES string of the molecule is O[C@@H]1COC[C@H]1CC1CCCOC1. The number of hydrogen-bond acceptors (Lipinski definition) is 3. The fourth-order valence-corrected chi connectivity index (χ4v) is 2.23. The van der Waals surface area contributed by atoms with E-state index in [4.69, 9.17) is 9.47 Å². The van der Waals surface area contributed by atoms with Gasteiger partial charge in [-0.15, -0.1) is 0 Å². The summed E-state index contributed by atoms with van der Waals surface area (Å²) in [5.41, 5.74) is 0. The minimum atomic E-state index is -0.234. The zero-order valence-corrected chi connectivity index (χ0v) is 7.95. The van der Waals surface area contributed by atoms with Gasteiger partial charge in [0.1, 0.15) is 0 Å². The lowest BCUT2D eigenvalue weighted by molar-refractivity contribution is 0.0354. The van der Waals surface area contributed by atoms with Gasteiger partial charge in [-0.2, -0.15) is 0 Å². The zero-order valence-electron chi connectivity index (χ0n) is 7.95. The first-order chi connectivity index (χ1) is 6.36. The summed E-state index contributed by atoms with van der Waals surface area (Å²) in [4.78, 5) is 0. The molecule has 13 heavy (non-hydrogen) atoms. The normalized spacial score (nSPS) is 40.8. The van der Waals surface area contributed by atoms with E-state index in [1.807, 2.05) is 0 Å². The van der Waals surface area contributed by atoms with Crippen LogP contribution in [-0.4, -0.2) is 37.6 Å². The van der Waals surface area contributed by atoms with Crippen LogP contribution in [-0.2, 0) is 9.47 Å². The summed E-state index contributed by atoms with van der Waals surface area (Å²) >= 11 is 0. The smallest absolute Gasteiger partial charge is 0.0823 e. The highest BCUT2D eigenvalue weighted by Gasteiger charge is 2.29. The first-order valence-electron chi connectivity index (χ1n) is 5.20. The third-order valence-corrected chi connectivity index (χ3v) is 3.06. The second-order valence-corrected chi connectivity index (χ2v) is 4.18. The van der Waals surface area contributed by atoms with Gasteiger partial charge in [-0.3, -0.25) is 0 Å². The summed E-state index contributed by atoms with van der Waals surface area (Å²) in [6.07, 6.45) is 3.26. The zero-order chi connectivity index (χ0) is 9.10. The predicted octanol–water partition coefficient (Wildman–Crippen LogP) is 0.810. The highest BCUT2D eigenvalue weighted by molar-refractivity contribution is 4.77. The summed E-state index contributed by atoms with van der Waals surface area (Å²) < 4.78 is 10.6. The Bertz CT molecular complexity index is 154. The van der Waals surface area contributed by atoms with Crippen molar-refractivity contribution in [1.29, 1.82) is 0 Å². The van der Waals surface area contributed by atoms with Crippen molar-refractivity contribution in [2.24, 2.45) is 11.8 Å². The predicted molar refractivity (Wildman–Crippen MR) is 48.5 cm³/mol. The van der Waals surface area contributed by atoms with Crippen LogP contribution in [0.1, 0.15) is 19.3 Å². The first-order valence-corrected chi connectivity index (χ1v) is 5.20. The molecular weight excluding hydrogens is 168 g/mol. The van der Waals surface area contributed by atoms with Crippen LogP contribution in [0, 0.1) is 11.8 Å². The molecule has 2 rings (SSSR count). The molecule has 2 aliphatic rings. The Morgan fingerprint density at radius 2 is 2.08 bits per heavy atom. The molecule has 2 heterocycles. The van der Waals surface area contributed by atoms with Crippen molar-refractivity contribution in [2.75, 3.05) is 26.4 Å². The number of rotatable bonds is 2. The van der Waals surface area contributed by atoms with E-state index in [-0.39, 0.29) is 6.10 Å². The van der Waals surface area contributed by atoms with Crippen molar-refractivity contribution < 1.29 is 14.6 Å². The molecule has 3 heteroatoms. The lowest BCUT2D eigenvalue weighted by Crippen LogP contribution is -2.25. The van der Waals surface area contributed by atoms with E-state index in [2.05, 4.69) is 0 Å². The van der Waals surface area contributed by atoms with E-state index in [0.29, 0.717) is 18.4 Å². The van der Waals surface area contributed by atoms with E-state index < -0.39 is 0 Å². The summed E-state index contributed by atoms with van der Waals surface area (Å²) in [6, 6.07) is 0. The molecule has 0 spiro atoms. The molecule has 0 aromatic rings. The third kappa shape index (κ3) is 2.42. The third-order valence-electron chi connectivity index (χ3n) is 3.06. The van der Waals surface area contributed by atoms with E-state index in [1.54, 1.807) is 0 Å². The number of aliphatic hydroxyl groups is 1. The average Bonchev–Trinajstić information content (AvgIpc) is 2.54. The highest BCUT2D eigenvalue weighted by Crippen LogP contribution is 2.26. The van der Waals surface area contributed by atoms with Gasteiger partial charge in [0.05, 0.1) is 19.3 Å². The molecule has 3 nitrogen and oxygen atoms in total. The maximum atomic E-state index is 9.55. The summed E-state index contributed by atoms with van der Waals surface area (Å²) in [6.45, 7) is 3.05. The standard InChI is InChI=1S/C10H18O3/c11-10-7-13-6-9(10)4-8-2-1-3-12-5-8/h8-11H,1-7H2/t8?,9-,10-/m1/s1. The van der Waals surface area contributed by atoms with Gasteiger partial charge in [0.25, 0.3) is 0 Å². The van der Waals surface area contributed by atoms with Gasteiger partial charge < -0.3 is 14.6 Å². The highest BCUT2D eigenvalue weighted by atomic mass is 16.5. The quantitative estimate of drug-likeness (QED) is 0.693. The van der Waals surface area contributed by atoms with Gasteiger partial charge in [-0.25, -0.2) is 0 Å². The Morgan fingerprint density at radius 3 is 2.69 bits per heavy atom. The Kier molecular flexibility index (Phi) is 3.19. The number of hydrogen-bond donors (Lipinski definition) is 1. The van der Waals surface area contributed by atoms with E-state index in [9.17, 15) is 5.11 Å². The Labute approximate surface area is 79.0 Å². The maximum Gasteiger partial charge on any atom is 0.0823 e. The molecule has 1 unspecified atom stereocenters. The van der Waals surface area contributed by atoms with Crippen molar-refractivity contribution in [2.45, 2.75) is 25.4 Å². The molecule has 0 aromatic heterocycles. The lowest BCUT2D eigenvalue weighted by atomic mass is 9.89. The second-order valence-electron chi connectivity index (χ2n) is 4.18. The van der Waals surface area contributed by atoms with Gasteiger partial charge in [0.15, 0.2) is 0 Å². The van der Waals surface area contributed by atoms with Gasteiger partial charge in [-0.1, -0.05) is 0 Å². The van der Waals surface area contributed by atoms with Crippen molar-refractivity contribution in [3.63, 3.8) is 0 Å². The van der Waals surface area contributed by atoms with Crippen LogP contribution in [0.25, 0.3) is 0 Å². The molecule has 1 N–H and O–H groups in total. The molecule has 0 radical (unpaired) electrons. The monoisotopic (exact) mass is 186 g/mol.